The van der Waals surface area contributed by atoms with Gasteiger partial charge in [-0.1, -0.05) is 85.0 Å². The minimum atomic E-state index is 0.0470. The molecule has 0 heterocycles. The van der Waals surface area contributed by atoms with Gasteiger partial charge in [0.15, 0.2) is 0 Å². The van der Waals surface area contributed by atoms with Crippen LogP contribution >= 0.6 is 0 Å². The van der Waals surface area contributed by atoms with Crippen LogP contribution in [0.3, 0.4) is 0 Å². The van der Waals surface area contributed by atoms with E-state index >= 15 is 0 Å². The fraction of sp³-hybridized carbons (Fsp3) is 0.962. The molecule has 0 fully saturated rings. The summed E-state index contributed by atoms with van der Waals surface area (Å²) in [6, 6.07) is 0. The molecule has 0 amide bonds. The van der Waals surface area contributed by atoms with E-state index in [4.69, 9.17) is 9.84 Å². The molecule has 0 aliphatic rings. The van der Waals surface area contributed by atoms with Crippen molar-refractivity contribution in [2.45, 2.75) is 124 Å². The summed E-state index contributed by atoms with van der Waals surface area (Å²) in [5.74, 6) is 0.153. The SMILES string of the molecule is CCCCCCCCC(CCCCCC)C(=O)OCCCCN(CCC)CCCO. The molecule has 0 aliphatic carbocycles. The number of hydrogen-bond donors (Lipinski definition) is 1. The first-order valence-electron chi connectivity index (χ1n) is 13.2. The van der Waals surface area contributed by atoms with Crippen molar-refractivity contribution < 1.29 is 14.6 Å². The summed E-state index contributed by atoms with van der Waals surface area (Å²) in [5, 5.41) is 9.03. The molecular weight excluding hydrogens is 374 g/mol. The summed E-state index contributed by atoms with van der Waals surface area (Å²) >= 11 is 0. The normalized spacial score (nSPS) is 12.4. The second kappa shape index (κ2) is 23.1. The Morgan fingerprint density at radius 2 is 1.27 bits per heavy atom. The van der Waals surface area contributed by atoms with E-state index in [1.807, 2.05) is 0 Å². The van der Waals surface area contributed by atoms with Crippen molar-refractivity contribution in [1.29, 1.82) is 0 Å². The first-order valence-corrected chi connectivity index (χ1v) is 13.2. The minimum Gasteiger partial charge on any atom is -0.465 e. The molecule has 4 nitrogen and oxygen atoms in total. The third-order valence-corrected chi connectivity index (χ3v) is 5.93. The molecule has 0 aromatic heterocycles. The van der Waals surface area contributed by atoms with E-state index in [1.165, 1.54) is 51.4 Å². The number of carbonyl (C=O) groups is 1. The van der Waals surface area contributed by atoms with Crippen LogP contribution < -0.4 is 0 Å². The van der Waals surface area contributed by atoms with Gasteiger partial charge in [0.2, 0.25) is 0 Å². The number of ether oxygens (including phenoxy) is 1. The van der Waals surface area contributed by atoms with Gasteiger partial charge in [-0.15, -0.1) is 0 Å². The largest absolute Gasteiger partial charge is 0.465 e. The molecular formula is C26H53NO3. The van der Waals surface area contributed by atoms with Gasteiger partial charge >= 0.3 is 5.97 Å². The highest BCUT2D eigenvalue weighted by Crippen LogP contribution is 2.20. The second-order valence-electron chi connectivity index (χ2n) is 8.90. The highest BCUT2D eigenvalue weighted by molar-refractivity contribution is 5.72. The Labute approximate surface area is 188 Å². The van der Waals surface area contributed by atoms with Crippen LogP contribution in [0.1, 0.15) is 124 Å². The fourth-order valence-corrected chi connectivity index (χ4v) is 4.04. The molecule has 0 rings (SSSR count). The lowest BCUT2D eigenvalue weighted by molar-refractivity contribution is -0.149. The molecule has 0 saturated heterocycles. The van der Waals surface area contributed by atoms with Gasteiger partial charge in [0.25, 0.3) is 0 Å². The first kappa shape index (κ1) is 29.4. The number of rotatable bonds is 23. The molecule has 0 aromatic rings. The predicted octanol–water partition coefficient (Wildman–Crippen LogP) is 6.74. The maximum Gasteiger partial charge on any atom is 0.308 e. The Balaban J connectivity index is 4.14. The van der Waals surface area contributed by atoms with Gasteiger partial charge in [0.05, 0.1) is 12.5 Å². The molecule has 1 N–H and O–H groups in total. The minimum absolute atomic E-state index is 0.0470. The van der Waals surface area contributed by atoms with Crippen molar-refractivity contribution in [3.05, 3.63) is 0 Å². The molecule has 0 spiro atoms. The summed E-state index contributed by atoms with van der Waals surface area (Å²) < 4.78 is 5.68. The van der Waals surface area contributed by atoms with Crippen LogP contribution in [0.5, 0.6) is 0 Å². The molecule has 0 radical (unpaired) electrons. The predicted molar refractivity (Wildman–Crippen MR) is 129 cm³/mol. The first-order chi connectivity index (χ1) is 14.7. The molecule has 1 atom stereocenters. The Kier molecular flexibility index (Phi) is 22.6. The van der Waals surface area contributed by atoms with Crippen molar-refractivity contribution in [2.24, 2.45) is 5.92 Å². The Bertz CT molecular complexity index is 362. The van der Waals surface area contributed by atoms with Crippen molar-refractivity contribution in [3.63, 3.8) is 0 Å². The van der Waals surface area contributed by atoms with Gasteiger partial charge in [-0.2, -0.15) is 0 Å². The van der Waals surface area contributed by atoms with E-state index in [9.17, 15) is 4.79 Å². The number of unbranched alkanes of at least 4 members (excludes halogenated alkanes) is 9. The summed E-state index contributed by atoms with van der Waals surface area (Å²) in [6.07, 6.45) is 18.5. The number of aliphatic hydroxyl groups is 1. The van der Waals surface area contributed by atoms with Crippen LogP contribution in [0.15, 0.2) is 0 Å². The van der Waals surface area contributed by atoms with Gasteiger partial charge < -0.3 is 14.7 Å². The van der Waals surface area contributed by atoms with Crippen LogP contribution in [0.2, 0.25) is 0 Å². The van der Waals surface area contributed by atoms with Crippen molar-refractivity contribution >= 4 is 5.97 Å². The van der Waals surface area contributed by atoms with E-state index in [0.717, 1.165) is 71.0 Å². The number of esters is 1. The van der Waals surface area contributed by atoms with Crippen molar-refractivity contribution in [3.8, 4) is 0 Å². The third kappa shape index (κ3) is 18.2. The van der Waals surface area contributed by atoms with Gasteiger partial charge in [-0.25, -0.2) is 0 Å². The standard InChI is InChI=1S/C26H53NO3/c1-4-7-9-11-12-14-19-25(18-13-10-8-5-2)26(29)30-24-16-15-21-27(20-6-3)22-17-23-28/h25,28H,4-24H2,1-3H3. The van der Waals surface area contributed by atoms with E-state index in [0.29, 0.717) is 6.61 Å². The van der Waals surface area contributed by atoms with E-state index < -0.39 is 0 Å². The highest BCUT2D eigenvalue weighted by atomic mass is 16.5. The second-order valence-corrected chi connectivity index (χ2v) is 8.90. The molecule has 1 unspecified atom stereocenters. The number of nitrogens with zero attached hydrogens (tertiary/aromatic N) is 1. The molecule has 0 saturated carbocycles. The number of aliphatic hydroxyl groups excluding tert-OH is 1. The maximum absolute atomic E-state index is 12.7. The lowest BCUT2D eigenvalue weighted by Crippen LogP contribution is -2.27. The number of hydrogen-bond acceptors (Lipinski definition) is 4. The van der Waals surface area contributed by atoms with Crippen LogP contribution in [0.25, 0.3) is 0 Å². The van der Waals surface area contributed by atoms with Crippen molar-refractivity contribution in [2.75, 3.05) is 32.8 Å². The third-order valence-electron chi connectivity index (χ3n) is 5.93. The Hall–Kier alpha value is -0.610. The molecule has 4 heteroatoms. The van der Waals surface area contributed by atoms with Crippen LogP contribution in [0, 0.1) is 5.92 Å². The van der Waals surface area contributed by atoms with Gasteiger partial charge in [-0.3, -0.25) is 4.79 Å². The highest BCUT2D eigenvalue weighted by Gasteiger charge is 2.19. The summed E-state index contributed by atoms with van der Waals surface area (Å²) in [7, 11) is 0. The fourth-order valence-electron chi connectivity index (χ4n) is 4.04. The average Bonchev–Trinajstić information content (AvgIpc) is 2.75. The topological polar surface area (TPSA) is 49.8 Å². The summed E-state index contributed by atoms with van der Waals surface area (Å²) in [4.78, 5) is 15.1. The summed E-state index contributed by atoms with van der Waals surface area (Å²) in [5.41, 5.74) is 0. The number of carbonyl (C=O) groups excluding carboxylic acids is 1. The lowest BCUT2D eigenvalue weighted by Gasteiger charge is -2.21. The molecule has 0 bridgehead atoms. The van der Waals surface area contributed by atoms with E-state index in [1.54, 1.807) is 0 Å². The van der Waals surface area contributed by atoms with Crippen LogP contribution in [-0.2, 0) is 9.53 Å². The molecule has 180 valence electrons. The van der Waals surface area contributed by atoms with Gasteiger partial charge in [0.1, 0.15) is 0 Å². The molecule has 0 aromatic carbocycles. The Morgan fingerprint density at radius 1 is 0.700 bits per heavy atom. The maximum atomic E-state index is 12.7. The zero-order chi connectivity index (χ0) is 22.3. The Morgan fingerprint density at radius 3 is 1.87 bits per heavy atom. The van der Waals surface area contributed by atoms with Gasteiger partial charge in [0, 0.05) is 13.2 Å². The monoisotopic (exact) mass is 427 g/mol. The average molecular weight is 428 g/mol. The van der Waals surface area contributed by atoms with Crippen LogP contribution in [0.4, 0.5) is 0 Å². The molecule has 30 heavy (non-hydrogen) atoms. The van der Waals surface area contributed by atoms with Crippen molar-refractivity contribution in [1.82, 2.24) is 4.90 Å². The lowest BCUT2D eigenvalue weighted by atomic mass is 9.94. The zero-order valence-corrected chi connectivity index (χ0v) is 20.6. The zero-order valence-electron chi connectivity index (χ0n) is 20.6. The molecule has 0 aliphatic heterocycles. The van der Waals surface area contributed by atoms with Crippen LogP contribution in [-0.4, -0.2) is 48.8 Å². The smallest absolute Gasteiger partial charge is 0.308 e. The van der Waals surface area contributed by atoms with E-state index in [-0.39, 0.29) is 18.5 Å². The van der Waals surface area contributed by atoms with Gasteiger partial charge in [-0.05, 0) is 51.6 Å². The van der Waals surface area contributed by atoms with E-state index in [2.05, 4.69) is 25.7 Å². The summed E-state index contributed by atoms with van der Waals surface area (Å²) in [6.45, 7) is 10.6. The quantitative estimate of drug-likeness (QED) is 0.145.